The van der Waals surface area contributed by atoms with Crippen LogP contribution in [0.2, 0.25) is 0 Å². The van der Waals surface area contributed by atoms with Gasteiger partial charge in [0, 0.05) is 28.5 Å². The second-order valence-corrected chi connectivity index (χ2v) is 7.36. The molecule has 0 atom stereocenters. The van der Waals surface area contributed by atoms with Gasteiger partial charge in [-0.15, -0.1) is 35.3 Å². The van der Waals surface area contributed by atoms with E-state index >= 15 is 0 Å². The lowest BCUT2D eigenvalue weighted by Crippen LogP contribution is -2.38. The molecule has 26 heavy (non-hydrogen) atoms. The van der Waals surface area contributed by atoms with E-state index in [0.717, 1.165) is 25.2 Å². The number of carbonyl (C=O) groups is 1. The molecule has 5 nitrogen and oxygen atoms in total. The quantitative estimate of drug-likeness (QED) is 0.389. The molecular weight excluding hydrogens is 459 g/mol. The highest BCUT2D eigenvalue weighted by Crippen LogP contribution is 2.27. The van der Waals surface area contributed by atoms with Crippen molar-refractivity contribution in [1.82, 2.24) is 10.6 Å². The molecule has 0 unspecified atom stereocenters. The van der Waals surface area contributed by atoms with E-state index < -0.39 is 0 Å². The first-order valence-electron chi connectivity index (χ1n) is 8.63. The predicted octanol–water partition coefficient (Wildman–Crippen LogP) is 3.32. The average Bonchev–Trinajstić information content (AvgIpc) is 3.23. The number of nitrogens with one attached hydrogen (secondary N) is 2. The van der Waals surface area contributed by atoms with Gasteiger partial charge in [0.1, 0.15) is 6.54 Å². The lowest BCUT2D eigenvalue weighted by Gasteiger charge is -2.17. The summed E-state index contributed by atoms with van der Waals surface area (Å²) in [5.41, 5.74) is 2.26. The summed E-state index contributed by atoms with van der Waals surface area (Å²) in [5.74, 6) is 0.712. The van der Waals surface area contributed by atoms with Crippen LogP contribution in [0, 0.1) is 6.92 Å². The molecule has 1 aliphatic rings. The van der Waals surface area contributed by atoms with Gasteiger partial charge in [-0.1, -0.05) is 18.2 Å². The molecule has 7 heteroatoms. The molecule has 1 aromatic heterocycles. The number of thiophene rings is 1. The summed E-state index contributed by atoms with van der Waals surface area (Å²) >= 11 is 1.76. The molecule has 2 heterocycles. The normalized spacial score (nSPS) is 13.2. The van der Waals surface area contributed by atoms with Crippen LogP contribution in [-0.2, 0) is 17.8 Å². The van der Waals surface area contributed by atoms with Crippen molar-refractivity contribution in [2.45, 2.75) is 26.8 Å². The fraction of sp³-hybridized carbons (Fsp3) is 0.368. The zero-order chi connectivity index (χ0) is 17.6. The number of aliphatic imine (C=N–C) groups is 1. The van der Waals surface area contributed by atoms with E-state index in [9.17, 15) is 4.79 Å². The number of carbonyl (C=O) groups excluding carboxylic acids is 1. The standard InChI is InChI=1S/C19H24N4OS.HI/c1-3-20-19(21-12-16-9-8-14(2)25-16)22-13-18(24)23-11-10-15-6-4-5-7-17(15)23;/h4-9H,3,10-13H2,1-2H3,(H2,20,21,22);1H. The SMILES string of the molecule is CCNC(=NCC(=O)N1CCc2ccccc21)NCc1ccc(C)s1.I. The summed E-state index contributed by atoms with van der Waals surface area (Å²) in [4.78, 5) is 21.4. The number of fused-ring (bicyclic) bond motifs is 1. The van der Waals surface area contributed by atoms with E-state index in [4.69, 9.17) is 0 Å². The summed E-state index contributed by atoms with van der Waals surface area (Å²) in [5, 5.41) is 6.49. The first-order valence-corrected chi connectivity index (χ1v) is 9.45. The first-order chi connectivity index (χ1) is 12.2. The number of nitrogens with zero attached hydrogens (tertiary/aromatic N) is 2. The molecule has 0 radical (unpaired) electrons. The van der Waals surface area contributed by atoms with Gasteiger partial charge >= 0.3 is 0 Å². The second-order valence-electron chi connectivity index (χ2n) is 5.99. The number of benzene rings is 1. The largest absolute Gasteiger partial charge is 0.357 e. The number of rotatable bonds is 5. The van der Waals surface area contributed by atoms with E-state index in [1.54, 1.807) is 11.3 Å². The Labute approximate surface area is 175 Å². The third-order valence-corrected chi connectivity index (χ3v) is 5.13. The number of anilines is 1. The van der Waals surface area contributed by atoms with Crippen molar-refractivity contribution < 1.29 is 4.79 Å². The Morgan fingerprint density at radius 1 is 1.23 bits per heavy atom. The number of amides is 1. The molecule has 1 amide bonds. The van der Waals surface area contributed by atoms with Crippen molar-refractivity contribution in [3.05, 3.63) is 51.7 Å². The predicted molar refractivity (Wildman–Crippen MR) is 120 cm³/mol. The minimum Gasteiger partial charge on any atom is -0.357 e. The molecule has 1 aromatic carbocycles. The van der Waals surface area contributed by atoms with E-state index in [0.29, 0.717) is 12.5 Å². The van der Waals surface area contributed by atoms with Crippen LogP contribution in [0.25, 0.3) is 0 Å². The Hall–Kier alpha value is -1.61. The molecule has 0 saturated heterocycles. The van der Waals surface area contributed by atoms with Gasteiger partial charge in [-0.25, -0.2) is 4.99 Å². The van der Waals surface area contributed by atoms with Crippen molar-refractivity contribution in [3.8, 4) is 0 Å². The lowest BCUT2D eigenvalue weighted by molar-refractivity contribution is -0.117. The first kappa shape index (κ1) is 20.7. The average molecular weight is 484 g/mol. The van der Waals surface area contributed by atoms with E-state index in [1.807, 2.05) is 30.0 Å². The number of guanidine groups is 1. The molecule has 0 bridgehead atoms. The molecule has 0 fully saturated rings. The number of aryl methyl sites for hydroxylation is 1. The van der Waals surface area contributed by atoms with Crippen molar-refractivity contribution in [2.75, 3.05) is 24.5 Å². The third kappa shape index (κ3) is 5.20. The zero-order valence-corrected chi connectivity index (χ0v) is 18.3. The molecule has 2 aromatic rings. The highest BCUT2D eigenvalue weighted by molar-refractivity contribution is 14.0. The van der Waals surface area contributed by atoms with Gasteiger partial charge in [-0.05, 0) is 44.0 Å². The third-order valence-electron chi connectivity index (χ3n) is 4.13. The summed E-state index contributed by atoms with van der Waals surface area (Å²) in [6, 6.07) is 12.3. The van der Waals surface area contributed by atoms with Gasteiger partial charge in [0.2, 0.25) is 5.91 Å². The Morgan fingerprint density at radius 3 is 2.77 bits per heavy atom. The highest BCUT2D eigenvalue weighted by Gasteiger charge is 2.23. The smallest absolute Gasteiger partial charge is 0.248 e. The van der Waals surface area contributed by atoms with Gasteiger partial charge in [-0.3, -0.25) is 4.79 Å². The molecule has 1 aliphatic heterocycles. The highest BCUT2D eigenvalue weighted by atomic mass is 127. The topological polar surface area (TPSA) is 56.7 Å². The number of hydrogen-bond acceptors (Lipinski definition) is 3. The van der Waals surface area contributed by atoms with Crippen LogP contribution < -0.4 is 15.5 Å². The Kier molecular flexibility index (Phi) is 7.89. The Balaban J connectivity index is 0.00000243. The fourth-order valence-corrected chi connectivity index (χ4v) is 3.75. The minimum absolute atomic E-state index is 0. The maximum absolute atomic E-state index is 12.6. The second kappa shape index (κ2) is 9.91. The van der Waals surface area contributed by atoms with Crippen LogP contribution in [0.1, 0.15) is 22.2 Å². The van der Waals surface area contributed by atoms with Crippen LogP contribution in [0.4, 0.5) is 5.69 Å². The minimum atomic E-state index is 0. The zero-order valence-electron chi connectivity index (χ0n) is 15.1. The monoisotopic (exact) mass is 484 g/mol. The molecular formula is C19H25IN4OS. The van der Waals surface area contributed by atoms with Crippen molar-refractivity contribution in [2.24, 2.45) is 4.99 Å². The summed E-state index contributed by atoms with van der Waals surface area (Å²) in [7, 11) is 0. The maximum atomic E-state index is 12.6. The van der Waals surface area contributed by atoms with Crippen molar-refractivity contribution >= 4 is 52.9 Å². The molecule has 2 N–H and O–H groups in total. The van der Waals surface area contributed by atoms with E-state index in [2.05, 4.69) is 40.7 Å². The van der Waals surface area contributed by atoms with Crippen molar-refractivity contribution in [1.29, 1.82) is 0 Å². The summed E-state index contributed by atoms with van der Waals surface area (Å²) < 4.78 is 0. The maximum Gasteiger partial charge on any atom is 0.248 e. The van der Waals surface area contributed by atoms with Gasteiger partial charge < -0.3 is 15.5 Å². The number of hydrogen-bond donors (Lipinski definition) is 2. The van der Waals surface area contributed by atoms with Gasteiger partial charge in [-0.2, -0.15) is 0 Å². The Morgan fingerprint density at radius 2 is 2.04 bits per heavy atom. The molecule has 3 rings (SSSR count). The van der Waals surface area contributed by atoms with Gasteiger partial charge in [0.15, 0.2) is 5.96 Å². The van der Waals surface area contributed by atoms with Crippen LogP contribution in [0.5, 0.6) is 0 Å². The fourth-order valence-electron chi connectivity index (χ4n) is 2.92. The Bertz CT molecular complexity index is 774. The number of para-hydroxylation sites is 1. The van der Waals surface area contributed by atoms with Crippen LogP contribution in [0.3, 0.4) is 0 Å². The van der Waals surface area contributed by atoms with Gasteiger partial charge in [0.25, 0.3) is 0 Å². The summed E-state index contributed by atoms with van der Waals surface area (Å²) in [6.45, 7) is 6.48. The number of halogens is 1. The summed E-state index contributed by atoms with van der Waals surface area (Å²) in [6.07, 6.45) is 0.918. The van der Waals surface area contributed by atoms with E-state index in [1.165, 1.54) is 15.3 Å². The lowest BCUT2D eigenvalue weighted by atomic mass is 10.2. The van der Waals surface area contributed by atoms with Crippen LogP contribution in [0.15, 0.2) is 41.4 Å². The van der Waals surface area contributed by atoms with E-state index in [-0.39, 0.29) is 36.4 Å². The molecule has 0 spiro atoms. The molecule has 0 saturated carbocycles. The van der Waals surface area contributed by atoms with Crippen LogP contribution >= 0.6 is 35.3 Å². The van der Waals surface area contributed by atoms with Crippen LogP contribution in [-0.4, -0.2) is 31.5 Å². The molecule has 140 valence electrons. The molecule has 0 aliphatic carbocycles. The van der Waals surface area contributed by atoms with Gasteiger partial charge in [0.05, 0.1) is 6.54 Å². The van der Waals surface area contributed by atoms with Crippen molar-refractivity contribution in [3.63, 3.8) is 0 Å².